The standard InChI is InChI=1S/C22H23N5S/c1-15-13-28-21(24-15)22(14-23)12-18-16(2)25-27(17-8-4-3-5-9-17)20(18)26-11-7-6-10-19(22)26/h3-5,8-9,13,19H,6-7,10-12H2,1-2H3/t19-,22+/m1/s1. The predicted molar refractivity (Wildman–Crippen MR) is 111 cm³/mol. The molecule has 2 aliphatic rings. The normalized spacial score (nSPS) is 23.8. The van der Waals surface area contributed by atoms with Crippen LogP contribution in [0.25, 0.3) is 5.69 Å². The molecular weight excluding hydrogens is 366 g/mol. The summed E-state index contributed by atoms with van der Waals surface area (Å²) in [5.41, 5.74) is 3.68. The van der Waals surface area contributed by atoms with E-state index < -0.39 is 5.41 Å². The average Bonchev–Trinajstić information content (AvgIpc) is 3.32. The van der Waals surface area contributed by atoms with Crippen molar-refractivity contribution in [1.29, 1.82) is 5.26 Å². The van der Waals surface area contributed by atoms with E-state index in [4.69, 9.17) is 10.1 Å². The van der Waals surface area contributed by atoms with Crippen molar-refractivity contribution in [2.75, 3.05) is 11.4 Å². The lowest BCUT2D eigenvalue weighted by Gasteiger charge is -2.48. The molecule has 0 saturated carbocycles. The molecule has 0 radical (unpaired) electrons. The highest BCUT2D eigenvalue weighted by molar-refractivity contribution is 7.09. The molecule has 142 valence electrons. The molecule has 5 rings (SSSR count). The number of aromatic nitrogens is 3. The highest BCUT2D eigenvalue weighted by atomic mass is 32.1. The number of nitrogens with zero attached hydrogens (tertiary/aromatic N) is 5. The van der Waals surface area contributed by atoms with Gasteiger partial charge < -0.3 is 4.90 Å². The molecule has 0 N–H and O–H groups in total. The quantitative estimate of drug-likeness (QED) is 0.655. The minimum absolute atomic E-state index is 0.142. The molecule has 1 fully saturated rings. The van der Waals surface area contributed by atoms with Crippen molar-refractivity contribution in [3.63, 3.8) is 0 Å². The molecule has 1 saturated heterocycles. The van der Waals surface area contributed by atoms with Crippen LogP contribution in [0.2, 0.25) is 0 Å². The van der Waals surface area contributed by atoms with Gasteiger partial charge in [-0.1, -0.05) is 18.2 Å². The third-order valence-electron chi connectivity index (χ3n) is 6.16. The third-order valence-corrected chi connectivity index (χ3v) is 7.30. The number of aryl methyl sites for hydroxylation is 2. The van der Waals surface area contributed by atoms with E-state index in [2.05, 4.69) is 40.1 Å². The first kappa shape index (κ1) is 17.4. The van der Waals surface area contributed by atoms with Gasteiger partial charge in [-0.05, 0) is 45.2 Å². The van der Waals surface area contributed by atoms with Crippen LogP contribution in [0.3, 0.4) is 0 Å². The molecule has 2 aromatic heterocycles. The molecule has 4 heterocycles. The predicted octanol–water partition coefficient (Wildman–Crippen LogP) is 4.32. The van der Waals surface area contributed by atoms with Gasteiger partial charge in [-0.3, -0.25) is 0 Å². The van der Waals surface area contributed by atoms with Gasteiger partial charge in [0.25, 0.3) is 0 Å². The maximum Gasteiger partial charge on any atom is 0.136 e. The zero-order valence-corrected chi connectivity index (χ0v) is 17.0. The second kappa shape index (κ2) is 6.46. The van der Waals surface area contributed by atoms with Gasteiger partial charge in [0, 0.05) is 29.6 Å². The maximum absolute atomic E-state index is 10.4. The van der Waals surface area contributed by atoms with Crippen molar-refractivity contribution in [3.05, 3.63) is 57.7 Å². The van der Waals surface area contributed by atoms with Crippen LogP contribution < -0.4 is 4.90 Å². The molecular formula is C22H23N5S. The molecule has 0 unspecified atom stereocenters. The van der Waals surface area contributed by atoms with Crippen LogP contribution >= 0.6 is 11.3 Å². The summed E-state index contributed by atoms with van der Waals surface area (Å²) in [6, 6.07) is 13.2. The first-order valence-electron chi connectivity index (χ1n) is 9.88. The summed E-state index contributed by atoms with van der Waals surface area (Å²) in [4.78, 5) is 7.23. The monoisotopic (exact) mass is 389 g/mol. The van der Waals surface area contributed by atoms with E-state index in [-0.39, 0.29) is 6.04 Å². The Hall–Kier alpha value is -2.65. The van der Waals surface area contributed by atoms with Crippen molar-refractivity contribution in [2.24, 2.45) is 0 Å². The molecule has 1 aromatic carbocycles. The largest absolute Gasteiger partial charge is 0.351 e. The first-order chi connectivity index (χ1) is 13.6. The van der Waals surface area contributed by atoms with E-state index in [0.29, 0.717) is 6.42 Å². The summed E-state index contributed by atoms with van der Waals surface area (Å²) in [5.74, 6) is 1.17. The summed E-state index contributed by atoms with van der Waals surface area (Å²) in [7, 11) is 0. The summed E-state index contributed by atoms with van der Waals surface area (Å²) in [5, 5.41) is 18.4. The third kappa shape index (κ3) is 2.43. The van der Waals surface area contributed by atoms with Crippen LogP contribution in [0, 0.1) is 25.2 Å². The fourth-order valence-corrected chi connectivity index (χ4v) is 5.83. The Morgan fingerprint density at radius 2 is 2.04 bits per heavy atom. The molecule has 0 bridgehead atoms. The van der Waals surface area contributed by atoms with E-state index in [0.717, 1.165) is 47.9 Å². The Bertz CT molecular complexity index is 1060. The number of hydrogen-bond acceptors (Lipinski definition) is 5. The number of nitriles is 1. The van der Waals surface area contributed by atoms with E-state index in [1.807, 2.05) is 25.1 Å². The van der Waals surface area contributed by atoms with Gasteiger partial charge in [-0.25, -0.2) is 9.67 Å². The van der Waals surface area contributed by atoms with Crippen molar-refractivity contribution >= 4 is 17.2 Å². The summed E-state index contributed by atoms with van der Waals surface area (Å²) in [6.45, 7) is 5.04. The molecule has 5 nitrogen and oxygen atoms in total. The van der Waals surface area contributed by atoms with Gasteiger partial charge in [0.2, 0.25) is 0 Å². The Balaban J connectivity index is 1.73. The second-order valence-corrected chi connectivity index (χ2v) is 8.75. The van der Waals surface area contributed by atoms with Gasteiger partial charge in [-0.15, -0.1) is 11.3 Å². The molecule has 0 aliphatic carbocycles. The van der Waals surface area contributed by atoms with Gasteiger partial charge in [-0.2, -0.15) is 10.4 Å². The maximum atomic E-state index is 10.4. The number of hydrogen-bond donors (Lipinski definition) is 0. The number of thiazole rings is 1. The smallest absolute Gasteiger partial charge is 0.136 e. The molecule has 28 heavy (non-hydrogen) atoms. The van der Waals surface area contributed by atoms with Crippen LogP contribution in [-0.4, -0.2) is 27.4 Å². The highest BCUT2D eigenvalue weighted by Crippen LogP contribution is 2.48. The Kier molecular flexibility index (Phi) is 4.02. The van der Waals surface area contributed by atoms with Gasteiger partial charge in [0.1, 0.15) is 16.2 Å². The number of para-hydroxylation sites is 1. The van der Waals surface area contributed by atoms with Crippen molar-refractivity contribution in [1.82, 2.24) is 14.8 Å². The number of anilines is 1. The zero-order chi connectivity index (χ0) is 19.3. The molecule has 0 amide bonds. The molecule has 2 aliphatic heterocycles. The first-order valence-corrected chi connectivity index (χ1v) is 10.8. The van der Waals surface area contributed by atoms with Crippen molar-refractivity contribution < 1.29 is 0 Å². The lowest BCUT2D eigenvalue weighted by Crippen LogP contribution is -2.57. The van der Waals surface area contributed by atoms with E-state index in [9.17, 15) is 5.26 Å². The molecule has 0 spiro atoms. The molecule has 6 heteroatoms. The zero-order valence-electron chi connectivity index (χ0n) is 16.2. The second-order valence-electron chi connectivity index (χ2n) is 7.89. The minimum atomic E-state index is -0.596. The Morgan fingerprint density at radius 3 is 2.75 bits per heavy atom. The lowest BCUT2D eigenvalue weighted by atomic mass is 9.70. The average molecular weight is 390 g/mol. The fraction of sp³-hybridized carbons (Fsp3) is 0.409. The van der Waals surface area contributed by atoms with Gasteiger partial charge in [0.15, 0.2) is 0 Å². The molecule has 2 atom stereocenters. The number of rotatable bonds is 2. The van der Waals surface area contributed by atoms with Crippen LogP contribution in [0.1, 0.15) is 41.2 Å². The van der Waals surface area contributed by atoms with Gasteiger partial charge in [0.05, 0.1) is 23.5 Å². The van der Waals surface area contributed by atoms with Crippen molar-refractivity contribution in [3.8, 4) is 11.8 Å². The Labute approximate surface area is 169 Å². The SMILES string of the molecule is Cc1csc([C@]2(C#N)Cc3c(C)nn(-c4ccccc4)c3N3CCCC[C@@H]32)n1. The molecule has 3 aromatic rings. The van der Waals surface area contributed by atoms with Crippen LogP contribution in [0.4, 0.5) is 5.82 Å². The lowest BCUT2D eigenvalue weighted by molar-refractivity contribution is 0.320. The van der Waals surface area contributed by atoms with E-state index in [1.54, 1.807) is 11.3 Å². The number of benzene rings is 1. The summed E-state index contributed by atoms with van der Waals surface area (Å²) < 4.78 is 2.08. The van der Waals surface area contributed by atoms with Gasteiger partial charge >= 0.3 is 0 Å². The van der Waals surface area contributed by atoms with Crippen LogP contribution in [0.5, 0.6) is 0 Å². The number of fused-ring (bicyclic) bond motifs is 3. The summed E-state index contributed by atoms with van der Waals surface area (Å²) >= 11 is 1.63. The van der Waals surface area contributed by atoms with E-state index >= 15 is 0 Å². The van der Waals surface area contributed by atoms with Crippen molar-refractivity contribution in [2.45, 2.75) is 51.0 Å². The fourth-order valence-electron chi connectivity index (χ4n) is 4.83. The van der Waals surface area contributed by atoms with Crippen LogP contribution in [0.15, 0.2) is 35.7 Å². The highest BCUT2D eigenvalue weighted by Gasteiger charge is 2.52. The topological polar surface area (TPSA) is 57.7 Å². The number of piperidine rings is 1. The van der Waals surface area contributed by atoms with E-state index in [1.165, 1.54) is 11.4 Å². The minimum Gasteiger partial charge on any atom is -0.351 e. The van der Waals surface area contributed by atoms with Crippen LogP contribution in [-0.2, 0) is 11.8 Å². The summed E-state index contributed by atoms with van der Waals surface area (Å²) in [6.07, 6.45) is 4.01. The Morgan fingerprint density at radius 1 is 1.21 bits per heavy atom.